The van der Waals surface area contributed by atoms with E-state index in [9.17, 15) is 9.18 Å². The van der Waals surface area contributed by atoms with Gasteiger partial charge in [0.2, 0.25) is 0 Å². The molecule has 2 unspecified atom stereocenters. The van der Waals surface area contributed by atoms with Gasteiger partial charge in [-0.25, -0.2) is 9.18 Å². The number of hydrogen-bond acceptors (Lipinski definition) is 6. The van der Waals surface area contributed by atoms with Gasteiger partial charge in [0.25, 0.3) is 0 Å². The quantitative estimate of drug-likeness (QED) is 0.742. The molecule has 9 heteroatoms. The van der Waals surface area contributed by atoms with E-state index in [1.165, 1.54) is 22.9 Å². The number of rotatable bonds is 5. The summed E-state index contributed by atoms with van der Waals surface area (Å²) in [5.41, 5.74) is -0.113. The third-order valence-corrected chi connectivity index (χ3v) is 4.45. The fourth-order valence-corrected chi connectivity index (χ4v) is 3.27. The number of benzene rings is 1. The molecule has 0 amide bonds. The smallest absolute Gasteiger partial charge is 0.371 e. The lowest BCUT2D eigenvalue weighted by Crippen LogP contribution is -2.37. The molecule has 2 saturated heterocycles. The van der Waals surface area contributed by atoms with Crippen molar-refractivity contribution >= 4 is 0 Å². The van der Waals surface area contributed by atoms with Crippen LogP contribution in [0, 0.1) is 5.82 Å². The molecule has 0 spiro atoms. The summed E-state index contributed by atoms with van der Waals surface area (Å²) in [5, 5.41) is 7.72. The van der Waals surface area contributed by atoms with E-state index < -0.39 is 17.7 Å². The molecule has 24 heavy (non-hydrogen) atoms. The first-order valence-corrected chi connectivity index (χ1v) is 7.89. The number of nitrogens with zero attached hydrogens (tertiary/aromatic N) is 5. The van der Waals surface area contributed by atoms with E-state index in [2.05, 4.69) is 15.3 Å². The summed E-state index contributed by atoms with van der Waals surface area (Å²) >= 11 is 0. The van der Waals surface area contributed by atoms with E-state index in [0.29, 0.717) is 18.3 Å². The Balaban J connectivity index is 1.54. The molecule has 128 valence electrons. The van der Waals surface area contributed by atoms with Crippen LogP contribution in [0.2, 0.25) is 0 Å². The van der Waals surface area contributed by atoms with Gasteiger partial charge < -0.3 is 9.47 Å². The molecule has 2 fully saturated rings. The Morgan fingerprint density at radius 1 is 1.38 bits per heavy atom. The van der Waals surface area contributed by atoms with Crippen molar-refractivity contribution in [1.82, 2.24) is 24.7 Å². The van der Waals surface area contributed by atoms with E-state index in [1.807, 2.05) is 0 Å². The molecule has 3 heterocycles. The van der Waals surface area contributed by atoms with Crippen LogP contribution in [-0.2, 0) is 9.47 Å². The predicted molar refractivity (Wildman–Crippen MR) is 81.1 cm³/mol. The minimum atomic E-state index is -0.461. The van der Waals surface area contributed by atoms with Crippen molar-refractivity contribution in [3.8, 4) is 5.69 Å². The van der Waals surface area contributed by atoms with E-state index in [4.69, 9.17) is 9.47 Å². The first kappa shape index (κ1) is 15.4. The molecule has 0 bridgehead atoms. The molecule has 0 N–H and O–H groups in total. The average molecular weight is 335 g/mol. The third kappa shape index (κ3) is 2.64. The molecule has 4 rings (SSSR count). The second-order valence-corrected chi connectivity index (χ2v) is 6.00. The van der Waals surface area contributed by atoms with Crippen molar-refractivity contribution in [2.24, 2.45) is 0 Å². The van der Waals surface area contributed by atoms with Crippen LogP contribution in [0.3, 0.4) is 0 Å². The largest absolute Gasteiger partial charge is 0.383 e. The van der Waals surface area contributed by atoms with E-state index in [0.717, 1.165) is 24.1 Å². The van der Waals surface area contributed by atoms with Gasteiger partial charge in [-0.3, -0.25) is 4.90 Å². The van der Waals surface area contributed by atoms with Gasteiger partial charge in [0.15, 0.2) is 12.5 Å². The lowest BCUT2D eigenvalue weighted by Gasteiger charge is -2.21. The Morgan fingerprint density at radius 2 is 2.25 bits per heavy atom. The van der Waals surface area contributed by atoms with E-state index in [-0.39, 0.29) is 6.23 Å². The van der Waals surface area contributed by atoms with Gasteiger partial charge in [-0.2, -0.15) is 9.36 Å². The fraction of sp³-hybridized carbons (Fsp3) is 0.533. The summed E-state index contributed by atoms with van der Waals surface area (Å²) in [7, 11) is 1.68. The molecule has 8 nitrogen and oxygen atoms in total. The average Bonchev–Trinajstić information content (AvgIpc) is 3.03. The first-order valence-electron chi connectivity index (χ1n) is 7.89. The van der Waals surface area contributed by atoms with Crippen LogP contribution in [0.25, 0.3) is 5.69 Å². The number of halogens is 1. The lowest BCUT2D eigenvalue weighted by atomic mass is 10.2. The molecule has 2 aromatic rings. The Hall–Kier alpha value is -2.10. The second-order valence-electron chi connectivity index (χ2n) is 6.00. The Kier molecular flexibility index (Phi) is 3.91. The van der Waals surface area contributed by atoms with Crippen molar-refractivity contribution in [2.75, 3.05) is 20.3 Å². The lowest BCUT2D eigenvalue weighted by molar-refractivity contribution is 0.0855. The van der Waals surface area contributed by atoms with E-state index >= 15 is 0 Å². The molecule has 0 radical (unpaired) electrons. The minimum absolute atomic E-state index is 0.192. The first-order chi connectivity index (χ1) is 11.7. The minimum Gasteiger partial charge on any atom is -0.383 e. The molecule has 1 aromatic heterocycles. The van der Waals surface area contributed by atoms with Gasteiger partial charge in [-0.05, 0) is 41.5 Å². The topological polar surface area (TPSA) is 77.7 Å². The zero-order valence-electron chi connectivity index (χ0n) is 13.2. The van der Waals surface area contributed by atoms with E-state index in [1.54, 1.807) is 13.2 Å². The maximum absolute atomic E-state index is 13.3. The number of likely N-dealkylation sites (tertiary alicyclic amines) is 1. The van der Waals surface area contributed by atoms with Crippen molar-refractivity contribution < 1.29 is 13.9 Å². The van der Waals surface area contributed by atoms with Crippen LogP contribution in [0.15, 0.2) is 29.1 Å². The fourth-order valence-electron chi connectivity index (χ4n) is 3.27. The van der Waals surface area contributed by atoms with Gasteiger partial charge in [0.1, 0.15) is 5.82 Å². The molecule has 0 saturated carbocycles. The van der Waals surface area contributed by atoms with Crippen LogP contribution >= 0.6 is 0 Å². The predicted octanol–water partition coefficient (Wildman–Crippen LogP) is 0.534. The number of aromatic nitrogens is 4. The monoisotopic (exact) mass is 335 g/mol. The van der Waals surface area contributed by atoms with Crippen molar-refractivity contribution in [2.45, 2.75) is 31.3 Å². The number of tetrazole rings is 1. The molecule has 0 aliphatic carbocycles. The maximum Gasteiger partial charge on any atom is 0.371 e. The molecular weight excluding hydrogens is 317 g/mol. The van der Waals surface area contributed by atoms with Crippen LogP contribution in [0.1, 0.15) is 19.1 Å². The molecule has 2 aliphatic rings. The Morgan fingerprint density at radius 3 is 3.04 bits per heavy atom. The van der Waals surface area contributed by atoms with Gasteiger partial charge >= 0.3 is 5.69 Å². The summed E-state index contributed by atoms with van der Waals surface area (Å²) in [5.74, 6) is -0.436. The summed E-state index contributed by atoms with van der Waals surface area (Å²) < 4.78 is 26.5. The highest BCUT2D eigenvalue weighted by molar-refractivity contribution is 5.29. The number of ether oxygens (including phenoxy) is 2. The Labute approximate surface area is 137 Å². The zero-order valence-corrected chi connectivity index (χ0v) is 13.2. The van der Waals surface area contributed by atoms with Crippen molar-refractivity contribution in [3.05, 3.63) is 40.6 Å². The number of hydrogen-bond donors (Lipinski definition) is 0. The third-order valence-electron chi connectivity index (χ3n) is 4.45. The molecule has 2 aliphatic heterocycles. The highest BCUT2D eigenvalue weighted by Gasteiger charge is 2.50. The Bertz CT molecular complexity index is 791. The number of epoxide rings is 1. The summed E-state index contributed by atoms with van der Waals surface area (Å²) in [4.78, 5) is 14.7. The van der Waals surface area contributed by atoms with Gasteiger partial charge in [0, 0.05) is 19.7 Å². The molecule has 1 aromatic carbocycles. The van der Waals surface area contributed by atoms with Gasteiger partial charge in [-0.15, -0.1) is 0 Å². The summed E-state index contributed by atoms with van der Waals surface area (Å²) in [6.45, 7) is 1.54. The highest BCUT2D eigenvalue weighted by atomic mass is 19.1. The highest BCUT2D eigenvalue weighted by Crippen LogP contribution is 2.38. The second kappa shape index (κ2) is 6.08. The molecule has 3 atom stereocenters. The summed E-state index contributed by atoms with van der Waals surface area (Å²) in [6, 6.07) is 5.96. The van der Waals surface area contributed by atoms with Crippen LogP contribution in [0.5, 0.6) is 0 Å². The SMILES string of the molecule is COC[C@@H]1CCCN1C1OC1n1nnn(-c2cccc(F)c2)c1=O. The van der Waals surface area contributed by atoms with Crippen molar-refractivity contribution in [1.29, 1.82) is 0 Å². The van der Waals surface area contributed by atoms with Crippen molar-refractivity contribution in [3.63, 3.8) is 0 Å². The van der Waals surface area contributed by atoms with Gasteiger partial charge in [0.05, 0.1) is 12.3 Å². The van der Waals surface area contributed by atoms with Crippen LogP contribution in [0.4, 0.5) is 4.39 Å². The normalized spacial score (nSPS) is 26.8. The standard InChI is InChI=1S/C15H18FN5O3/c1-23-9-12-6-3-7-19(12)13-14(24-13)21-15(22)20(17-18-21)11-5-2-4-10(16)8-11/h2,4-5,8,12-14H,3,6-7,9H2,1H3/t12-,13?,14?/m0/s1. The maximum atomic E-state index is 13.3. The summed E-state index contributed by atoms with van der Waals surface area (Å²) in [6.07, 6.45) is 1.47. The van der Waals surface area contributed by atoms with Crippen LogP contribution < -0.4 is 5.69 Å². The van der Waals surface area contributed by atoms with Crippen LogP contribution in [-0.4, -0.2) is 57.2 Å². The number of methoxy groups -OCH3 is 1. The van der Waals surface area contributed by atoms with Gasteiger partial charge in [-0.1, -0.05) is 6.07 Å². The molecular formula is C15H18FN5O3. The zero-order chi connectivity index (χ0) is 16.7.